The van der Waals surface area contributed by atoms with Gasteiger partial charge in [-0.15, -0.1) is 0 Å². The van der Waals surface area contributed by atoms with Crippen molar-refractivity contribution in [3.05, 3.63) is 18.0 Å². The minimum absolute atomic E-state index is 0.302. The highest BCUT2D eigenvalue weighted by Gasteiger charge is 2.24. The van der Waals surface area contributed by atoms with Crippen molar-refractivity contribution < 1.29 is 5.11 Å². The maximum Gasteiger partial charge on any atom is 0.191 e. The Morgan fingerprint density at radius 3 is 2.76 bits per heavy atom. The fraction of sp³-hybridized carbons (Fsp3) is 0.789. The number of aryl methyl sites for hydroxylation is 1. The molecule has 0 radical (unpaired) electrons. The predicted molar refractivity (Wildman–Crippen MR) is 103 cm³/mol. The molecule has 0 bridgehead atoms. The lowest BCUT2D eigenvalue weighted by Gasteiger charge is -2.22. The summed E-state index contributed by atoms with van der Waals surface area (Å²) in [6.45, 7) is 5.87. The highest BCUT2D eigenvalue weighted by atomic mass is 16.3. The van der Waals surface area contributed by atoms with Gasteiger partial charge in [0.2, 0.25) is 0 Å². The SMILES string of the molecule is CCNC(=NCC(C)(O)c1cnn(C)c1)NCCCC1CCCCC1. The van der Waals surface area contributed by atoms with E-state index in [1.165, 1.54) is 44.9 Å². The van der Waals surface area contributed by atoms with Crippen LogP contribution in [0.5, 0.6) is 0 Å². The van der Waals surface area contributed by atoms with Gasteiger partial charge in [-0.1, -0.05) is 32.1 Å². The number of aromatic nitrogens is 2. The highest BCUT2D eigenvalue weighted by molar-refractivity contribution is 5.79. The molecule has 1 aliphatic rings. The Hall–Kier alpha value is -1.56. The van der Waals surface area contributed by atoms with E-state index in [-0.39, 0.29) is 0 Å². The molecule has 1 unspecified atom stereocenters. The van der Waals surface area contributed by atoms with Crippen LogP contribution in [0.2, 0.25) is 0 Å². The summed E-state index contributed by atoms with van der Waals surface area (Å²) in [5.41, 5.74) is -0.231. The third kappa shape index (κ3) is 6.69. The van der Waals surface area contributed by atoms with Crippen LogP contribution >= 0.6 is 0 Å². The van der Waals surface area contributed by atoms with Crippen LogP contribution in [0.15, 0.2) is 17.4 Å². The average molecular weight is 350 g/mol. The molecule has 1 aliphatic carbocycles. The number of aliphatic imine (C=N–C) groups is 1. The van der Waals surface area contributed by atoms with Crippen molar-refractivity contribution in [2.75, 3.05) is 19.6 Å². The lowest BCUT2D eigenvalue weighted by atomic mass is 9.86. The van der Waals surface area contributed by atoms with Gasteiger partial charge in [0.1, 0.15) is 5.60 Å². The first-order valence-corrected chi connectivity index (χ1v) is 9.75. The number of rotatable bonds is 8. The molecule has 3 N–H and O–H groups in total. The molecule has 25 heavy (non-hydrogen) atoms. The van der Waals surface area contributed by atoms with Crippen molar-refractivity contribution >= 4 is 5.96 Å². The number of aliphatic hydroxyl groups is 1. The third-order valence-corrected chi connectivity index (χ3v) is 5.02. The van der Waals surface area contributed by atoms with Crippen LogP contribution < -0.4 is 10.6 Å². The van der Waals surface area contributed by atoms with E-state index in [4.69, 9.17) is 0 Å². The second-order valence-electron chi connectivity index (χ2n) is 7.44. The topological polar surface area (TPSA) is 74.5 Å². The average Bonchev–Trinajstić information content (AvgIpc) is 3.05. The van der Waals surface area contributed by atoms with Gasteiger partial charge in [0.15, 0.2) is 5.96 Å². The molecule has 1 aromatic heterocycles. The Bertz CT molecular complexity index is 532. The third-order valence-electron chi connectivity index (χ3n) is 5.02. The van der Waals surface area contributed by atoms with E-state index in [1.807, 2.05) is 13.2 Å². The van der Waals surface area contributed by atoms with Crippen LogP contribution in [0.4, 0.5) is 0 Å². The molecule has 6 nitrogen and oxygen atoms in total. The van der Waals surface area contributed by atoms with E-state index in [0.29, 0.717) is 6.54 Å². The van der Waals surface area contributed by atoms with Crippen molar-refractivity contribution in [3.63, 3.8) is 0 Å². The second kappa shape index (κ2) is 9.80. The van der Waals surface area contributed by atoms with Gasteiger partial charge in [-0.3, -0.25) is 4.68 Å². The summed E-state index contributed by atoms with van der Waals surface area (Å²) < 4.78 is 1.70. The fourth-order valence-corrected chi connectivity index (χ4v) is 3.44. The predicted octanol–water partition coefficient (Wildman–Crippen LogP) is 2.54. The number of hydrogen-bond donors (Lipinski definition) is 3. The molecule has 0 aromatic carbocycles. The zero-order valence-electron chi connectivity index (χ0n) is 16.1. The first-order valence-electron chi connectivity index (χ1n) is 9.75. The summed E-state index contributed by atoms with van der Waals surface area (Å²) in [7, 11) is 1.85. The Kier molecular flexibility index (Phi) is 7.75. The van der Waals surface area contributed by atoms with E-state index in [0.717, 1.165) is 30.5 Å². The van der Waals surface area contributed by atoms with Gasteiger partial charge >= 0.3 is 0 Å². The molecule has 6 heteroatoms. The maximum absolute atomic E-state index is 10.6. The molecule has 1 aromatic rings. The molecule has 0 spiro atoms. The largest absolute Gasteiger partial charge is 0.383 e. The maximum atomic E-state index is 10.6. The van der Waals surface area contributed by atoms with Gasteiger partial charge in [-0.25, -0.2) is 4.99 Å². The Morgan fingerprint density at radius 1 is 1.36 bits per heavy atom. The summed E-state index contributed by atoms with van der Waals surface area (Å²) in [6.07, 6.45) is 13.1. The van der Waals surface area contributed by atoms with Crippen LogP contribution in [0.1, 0.15) is 64.4 Å². The van der Waals surface area contributed by atoms with E-state index in [9.17, 15) is 5.11 Å². The summed E-state index contributed by atoms with van der Waals surface area (Å²) in [4.78, 5) is 4.56. The first-order chi connectivity index (χ1) is 12.0. The standard InChI is InChI=1S/C19H35N5O/c1-4-20-18(21-12-8-11-16-9-6-5-7-10-16)22-15-19(2,25)17-13-23-24(3)14-17/h13-14,16,25H,4-12,15H2,1-3H3,(H2,20,21,22). The summed E-state index contributed by atoms with van der Waals surface area (Å²) >= 11 is 0. The van der Waals surface area contributed by atoms with Crippen molar-refractivity contribution in [2.24, 2.45) is 18.0 Å². The molecule has 1 saturated carbocycles. The van der Waals surface area contributed by atoms with E-state index in [1.54, 1.807) is 17.8 Å². The molecule has 142 valence electrons. The minimum atomic E-state index is -1.02. The molecule has 2 rings (SSSR count). The van der Waals surface area contributed by atoms with Gasteiger partial charge in [0, 0.05) is 31.9 Å². The van der Waals surface area contributed by atoms with Crippen LogP contribution in [0.25, 0.3) is 0 Å². The van der Waals surface area contributed by atoms with Gasteiger partial charge in [0.05, 0.1) is 12.7 Å². The zero-order valence-corrected chi connectivity index (χ0v) is 16.1. The van der Waals surface area contributed by atoms with Crippen LogP contribution in [-0.2, 0) is 12.6 Å². The zero-order chi connectivity index (χ0) is 18.1. The lowest BCUT2D eigenvalue weighted by Crippen LogP contribution is -2.39. The van der Waals surface area contributed by atoms with Gasteiger partial charge < -0.3 is 15.7 Å². The smallest absolute Gasteiger partial charge is 0.191 e. The van der Waals surface area contributed by atoms with E-state index < -0.39 is 5.60 Å². The highest BCUT2D eigenvalue weighted by Crippen LogP contribution is 2.27. The minimum Gasteiger partial charge on any atom is -0.383 e. The Labute approximate surface area is 152 Å². The summed E-state index contributed by atoms with van der Waals surface area (Å²) in [5, 5.41) is 21.4. The summed E-state index contributed by atoms with van der Waals surface area (Å²) in [5.74, 6) is 1.69. The lowest BCUT2D eigenvalue weighted by molar-refractivity contribution is 0.0672. The normalized spacial score (nSPS) is 18.8. The van der Waals surface area contributed by atoms with Crippen LogP contribution in [-0.4, -0.2) is 40.5 Å². The Balaban J connectivity index is 1.78. The fourth-order valence-electron chi connectivity index (χ4n) is 3.44. The second-order valence-corrected chi connectivity index (χ2v) is 7.44. The molecular weight excluding hydrogens is 314 g/mol. The van der Waals surface area contributed by atoms with Crippen molar-refractivity contribution in [3.8, 4) is 0 Å². The van der Waals surface area contributed by atoms with Crippen molar-refractivity contribution in [1.82, 2.24) is 20.4 Å². The monoisotopic (exact) mass is 349 g/mol. The molecule has 1 heterocycles. The van der Waals surface area contributed by atoms with Crippen LogP contribution in [0.3, 0.4) is 0 Å². The number of nitrogens with one attached hydrogen (secondary N) is 2. The molecular formula is C19H35N5O. The number of hydrogen-bond acceptors (Lipinski definition) is 3. The van der Waals surface area contributed by atoms with E-state index in [2.05, 4.69) is 27.6 Å². The van der Waals surface area contributed by atoms with Gasteiger partial charge in [-0.2, -0.15) is 5.10 Å². The van der Waals surface area contributed by atoms with Crippen molar-refractivity contribution in [2.45, 2.75) is 64.4 Å². The van der Waals surface area contributed by atoms with Gasteiger partial charge in [-0.05, 0) is 32.6 Å². The van der Waals surface area contributed by atoms with Crippen LogP contribution in [0, 0.1) is 5.92 Å². The molecule has 0 aliphatic heterocycles. The number of nitrogens with zero attached hydrogens (tertiary/aromatic N) is 3. The van der Waals surface area contributed by atoms with Gasteiger partial charge in [0.25, 0.3) is 0 Å². The molecule has 1 atom stereocenters. The summed E-state index contributed by atoms with van der Waals surface area (Å²) in [6, 6.07) is 0. The van der Waals surface area contributed by atoms with Crippen molar-refractivity contribution in [1.29, 1.82) is 0 Å². The van der Waals surface area contributed by atoms with E-state index >= 15 is 0 Å². The molecule has 1 fully saturated rings. The Morgan fingerprint density at radius 2 is 2.12 bits per heavy atom. The molecule has 0 saturated heterocycles. The molecule has 0 amide bonds. The number of guanidine groups is 1. The quantitative estimate of drug-likeness (QED) is 0.383. The first kappa shape index (κ1) is 19.8.